The summed E-state index contributed by atoms with van der Waals surface area (Å²) >= 11 is 0. The van der Waals surface area contributed by atoms with Crippen LogP contribution < -0.4 is 21.7 Å². The monoisotopic (exact) mass is 493 g/mol. The van der Waals surface area contributed by atoms with Gasteiger partial charge in [-0.2, -0.15) is 5.26 Å². The van der Waals surface area contributed by atoms with Crippen molar-refractivity contribution < 1.29 is 14.3 Å². The second-order valence-corrected chi connectivity index (χ2v) is 9.62. The van der Waals surface area contributed by atoms with Crippen molar-refractivity contribution in [3.8, 4) is 6.07 Å². The minimum Gasteiger partial charge on any atom is -0.390 e. The number of benzene rings is 1. The Morgan fingerprint density at radius 1 is 1.28 bits per heavy atom. The third-order valence-corrected chi connectivity index (χ3v) is 6.01. The number of primary amides is 1. The van der Waals surface area contributed by atoms with Gasteiger partial charge in [-0.05, 0) is 63.1 Å². The van der Waals surface area contributed by atoms with E-state index in [1.807, 2.05) is 18.2 Å². The number of carbonyl (C=O) groups is 1. The predicted octanol–water partition coefficient (Wildman–Crippen LogP) is 2.43. The molecule has 1 saturated heterocycles. The number of aliphatic imine (C=N–C) groups is 1. The molecule has 9 nitrogen and oxygen atoms in total. The molecule has 0 radical (unpaired) electrons. The number of nitriles is 1. The minimum atomic E-state index is -0.855. The summed E-state index contributed by atoms with van der Waals surface area (Å²) in [4.78, 5) is 23.1. The van der Waals surface area contributed by atoms with Gasteiger partial charge in [-0.1, -0.05) is 6.07 Å². The van der Waals surface area contributed by atoms with Crippen molar-refractivity contribution in [3.05, 3.63) is 65.7 Å². The van der Waals surface area contributed by atoms with E-state index in [2.05, 4.69) is 21.3 Å². The van der Waals surface area contributed by atoms with Gasteiger partial charge in [0.2, 0.25) is 0 Å². The molecule has 1 fully saturated rings. The molecule has 0 aliphatic carbocycles. The largest absolute Gasteiger partial charge is 0.390 e. The van der Waals surface area contributed by atoms with Gasteiger partial charge in [-0.15, -0.1) is 0 Å². The molecule has 0 spiro atoms. The fourth-order valence-corrected chi connectivity index (χ4v) is 4.08. The molecular weight excluding hydrogens is 461 g/mol. The predicted molar refractivity (Wildman–Crippen MR) is 137 cm³/mol. The number of nitrogens with two attached hydrogens (primary N) is 2. The quantitative estimate of drug-likeness (QED) is 0.238. The lowest BCUT2D eigenvalue weighted by molar-refractivity contribution is -0.114. The van der Waals surface area contributed by atoms with E-state index in [1.165, 1.54) is 30.5 Å². The van der Waals surface area contributed by atoms with Crippen LogP contribution in [0.25, 0.3) is 0 Å². The molecule has 0 unspecified atom stereocenters. The first-order chi connectivity index (χ1) is 17.0. The zero-order valence-electron chi connectivity index (χ0n) is 20.5. The Balaban J connectivity index is 1.75. The van der Waals surface area contributed by atoms with E-state index in [-0.39, 0.29) is 17.8 Å². The number of aromatic nitrogens is 1. The normalized spacial score (nSPS) is 16.4. The number of aliphatic hydroxyl groups is 1. The molecule has 2 heterocycles. The molecule has 1 aliphatic rings. The molecule has 10 heteroatoms. The van der Waals surface area contributed by atoms with Gasteiger partial charge in [0.1, 0.15) is 17.5 Å². The SMILES string of the molecule is CC(C)(O)Cc1cccc(N2CCC(CC#N)(N/C=C(/C(N)=O)C(N)=Nc3ccc(F)cc3)CC2)n1. The van der Waals surface area contributed by atoms with Crippen LogP contribution in [0.4, 0.5) is 15.9 Å². The summed E-state index contributed by atoms with van der Waals surface area (Å²) in [6.07, 6.45) is 3.28. The average Bonchev–Trinajstić information content (AvgIpc) is 2.80. The third kappa shape index (κ3) is 7.26. The van der Waals surface area contributed by atoms with Crippen molar-refractivity contribution in [1.29, 1.82) is 5.26 Å². The molecule has 1 aromatic carbocycles. The highest BCUT2D eigenvalue weighted by Crippen LogP contribution is 2.29. The van der Waals surface area contributed by atoms with Gasteiger partial charge in [0, 0.05) is 31.4 Å². The van der Waals surface area contributed by atoms with Crippen LogP contribution in [-0.2, 0) is 11.2 Å². The smallest absolute Gasteiger partial charge is 0.253 e. The molecule has 1 aromatic heterocycles. The van der Waals surface area contributed by atoms with Crippen LogP contribution in [-0.4, -0.2) is 46.1 Å². The van der Waals surface area contributed by atoms with E-state index in [9.17, 15) is 19.6 Å². The van der Waals surface area contributed by atoms with Gasteiger partial charge >= 0.3 is 0 Å². The number of anilines is 1. The first-order valence-electron chi connectivity index (χ1n) is 11.7. The van der Waals surface area contributed by atoms with Crippen LogP contribution >= 0.6 is 0 Å². The summed E-state index contributed by atoms with van der Waals surface area (Å²) in [5, 5.41) is 22.8. The van der Waals surface area contributed by atoms with Gasteiger partial charge in [0.25, 0.3) is 5.91 Å². The highest BCUT2D eigenvalue weighted by atomic mass is 19.1. The zero-order chi connectivity index (χ0) is 26.3. The maximum absolute atomic E-state index is 13.2. The van der Waals surface area contributed by atoms with Crippen LogP contribution in [0.5, 0.6) is 0 Å². The van der Waals surface area contributed by atoms with Crippen molar-refractivity contribution in [1.82, 2.24) is 10.3 Å². The van der Waals surface area contributed by atoms with Gasteiger partial charge < -0.3 is 26.8 Å². The highest BCUT2D eigenvalue weighted by molar-refractivity contribution is 6.20. The molecule has 6 N–H and O–H groups in total. The van der Waals surface area contributed by atoms with E-state index in [0.29, 0.717) is 38.0 Å². The Labute approximate surface area is 210 Å². The Kier molecular flexibility index (Phi) is 8.27. The third-order valence-electron chi connectivity index (χ3n) is 6.01. The fraction of sp³-hybridized carbons (Fsp3) is 0.385. The average molecular weight is 494 g/mol. The molecule has 1 amide bonds. The number of carbonyl (C=O) groups excluding carboxylic acids is 1. The second kappa shape index (κ2) is 11.2. The summed E-state index contributed by atoms with van der Waals surface area (Å²) in [6.45, 7) is 4.75. The fourth-order valence-electron chi connectivity index (χ4n) is 4.08. The molecule has 1 aliphatic heterocycles. The van der Waals surface area contributed by atoms with Gasteiger partial charge in [0.15, 0.2) is 0 Å². The molecule has 0 atom stereocenters. The number of rotatable bonds is 9. The highest BCUT2D eigenvalue weighted by Gasteiger charge is 2.34. The molecule has 36 heavy (non-hydrogen) atoms. The van der Waals surface area contributed by atoms with Crippen LogP contribution in [0.3, 0.4) is 0 Å². The Bertz CT molecular complexity index is 1170. The number of amides is 1. The topological polar surface area (TPSA) is 154 Å². The lowest BCUT2D eigenvalue weighted by Crippen LogP contribution is -2.52. The van der Waals surface area contributed by atoms with E-state index in [1.54, 1.807) is 13.8 Å². The van der Waals surface area contributed by atoms with Crippen LogP contribution in [0.15, 0.2) is 59.2 Å². The number of piperidine rings is 1. The van der Waals surface area contributed by atoms with Crippen LogP contribution in [0, 0.1) is 17.1 Å². The molecule has 0 saturated carbocycles. The number of hydrogen-bond acceptors (Lipinski definition) is 7. The number of pyridine rings is 1. The Hall–Kier alpha value is -3.97. The Morgan fingerprint density at radius 3 is 2.53 bits per heavy atom. The summed E-state index contributed by atoms with van der Waals surface area (Å²) < 4.78 is 13.2. The summed E-state index contributed by atoms with van der Waals surface area (Å²) in [5.74, 6) is -0.489. The van der Waals surface area contributed by atoms with Crippen molar-refractivity contribution >= 4 is 23.2 Å². The van der Waals surface area contributed by atoms with Crippen molar-refractivity contribution in [3.63, 3.8) is 0 Å². The molecule has 3 rings (SSSR count). The molecular formula is C26H32FN7O2. The van der Waals surface area contributed by atoms with E-state index < -0.39 is 22.9 Å². The van der Waals surface area contributed by atoms with E-state index >= 15 is 0 Å². The first kappa shape index (κ1) is 26.6. The van der Waals surface area contributed by atoms with Crippen LogP contribution in [0.2, 0.25) is 0 Å². The van der Waals surface area contributed by atoms with Crippen molar-refractivity contribution in [2.75, 3.05) is 18.0 Å². The second-order valence-electron chi connectivity index (χ2n) is 9.62. The number of nitrogens with zero attached hydrogens (tertiary/aromatic N) is 4. The lowest BCUT2D eigenvalue weighted by atomic mass is 9.84. The number of hydrogen-bond donors (Lipinski definition) is 4. The summed E-state index contributed by atoms with van der Waals surface area (Å²) in [7, 11) is 0. The first-order valence-corrected chi connectivity index (χ1v) is 11.7. The summed E-state index contributed by atoms with van der Waals surface area (Å²) in [6, 6.07) is 13.3. The Morgan fingerprint density at radius 2 is 1.94 bits per heavy atom. The standard InChI is InChI=1S/C26H32FN7O2/c1-25(2,36)16-20-4-3-5-22(32-20)34-14-11-26(10-13-28,12-15-34)31-17-21(24(30)35)23(29)33-19-8-6-18(27)7-9-19/h3-9,17,31,36H,10-12,14-16H2,1-2H3,(H2,29,33)(H2,30,35)/b21-17+. The van der Waals surface area contributed by atoms with E-state index in [0.717, 1.165) is 11.5 Å². The molecule has 2 aromatic rings. The minimum absolute atomic E-state index is 0.0277. The number of halogens is 1. The van der Waals surface area contributed by atoms with Crippen molar-refractivity contribution in [2.24, 2.45) is 16.5 Å². The van der Waals surface area contributed by atoms with E-state index in [4.69, 9.17) is 16.5 Å². The molecule has 190 valence electrons. The summed E-state index contributed by atoms with van der Waals surface area (Å²) in [5.41, 5.74) is 11.3. The lowest BCUT2D eigenvalue weighted by Gasteiger charge is -2.41. The van der Waals surface area contributed by atoms with Crippen LogP contribution in [0.1, 0.15) is 38.8 Å². The maximum atomic E-state index is 13.2. The maximum Gasteiger partial charge on any atom is 0.253 e. The number of amidine groups is 1. The van der Waals surface area contributed by atoms with Crippen molar-refractivity contribution in [2.45, 2.75) is 50.7 Å². The molecule has 0 bridgehead atoms. The zero-order valence-corrected chi connectivity index (χ0v) is 20.5. The number of nitrogens with one attached hydrogen (secondary N) is 1. The van der Waals surface area contributed by atoms with Gasteiger partial charge in [-0.25, -0.2) is 14.4 Å². The van der Waals surface area contributed by atoms with Gasteiger partial charge in [-0.3, -0.25) is 4.79 Å². The van der Waals surface area contributed by atoms with Gasteiger partial charge in [0.05, 0.1) is 34.9 Å².